The van der Waals surface area contributed by atoms with Crippen LogP contribution in [-0.4, -0.2) is 31.6 Å². The fourth-order valence-electron chi connectivity index (χ4n) is 2.34. The molecule has 2 heterocycles. The zero-order valence-corrected chi connectivity index (χ0v) is 12.4. The minimum absolute atomic E-state index is 0.00937. The quantitative estimate of drug-likeness (QED) is 0.762. The molecule has 0 radical (unpaired) electrons. The molecule has 0 aliphatic rings. The van der Waals surface area contributed by atoms with Crippen molar-refractivity contribution in [2.24, 2.45) is 5.73 Å². The third-order valence-electron chi connectivity index (χ3n) is 3.55. The average molecular weight is 310 g/mol. The Hall–Kier alpha value is -3.22. The van der Waals surface area contributed by atoms with E-state index in [4.69, 9.17) is 10.8 Å². The van der Waals surface area contributed by atoms with Crippen molar-refractivity contribution in [1.29, 1.82) is 0 Å². The fraction of sp³-hybridized carbons (Fsp3) is 0.125. The van der Waals surface area contributed by atoms with Gasteiger partial charge in [-0.1, -0.05) is 19.1 Å². The van der Waals surface area contributed by atoms with Crippen molar-refractivity contribution < 1.29 is 14.7 Å². The van der Waals surface area contributed by atoms with Crippen molar-refractivity contribution in [3.05, 3.63) is 53.3 Å². The third-order valence-corrected chi connectivity index (χ3v) is 3.55. The third kappa shape index (κ3) is 2.64. The van der Waals surface area contributed by atoms with Crippen molar-refractivity contribution in [3.63, 3.8) is 0 Å². The van der Waals surface area contributed by atoms with E-state index in [1.165, 1.54) is 6.07 Å². The maximum Gasteiger partial charge on any atom is 0.354 e. The number of carboxylic acids is 1. The van der Waals surface area contributed by atoms with Crippen molar-refractivity contribution >= 4 is 17.5 Å². The summed E-state index contributed by atoms with van der Waals surface area (Å²) in [5.74, 6) is -1.57. The number of aromatic nitrogens is 3. The average Bonchev–Trinajstić information content (AvgIpc) is 2.97. The number of aromatic carboxylic acids is 1. The van der Waals surface area contributed by atoms with Gasteiger partial charge in [-0.05, 0) is 24.6 Å². The van der Waals surface area contributed by atoms with Gasteiger partial charge in [0, 0.05) is 22.9 Å². The summed E-state index contributed by atoms with van der Waals surface area (Å²) in [5, 5.41) is 13.6. The van der Waals surface area contributed by atoms with Gasteiger partial charge in [0.05, 0.1) is 5.69 Å². The van der Waals surface area contributed by atoms with E-state index < -0.39 is 11.9 Å². The van der Waals surface area contributed by atoms with Crippen LogP contribution in [0.5, 0.6) is 0 Å². The van der Waals surface area contributed by atoms with E-state index in [1.807, 2.05) is 6.92 Å². The van der Waals surface area contributed by atoms with Crippen LogP contribution in [0, 0.1) is 0 Å². The van der Waals surface area contributed by atoms with Crippen LogP contribution >= 0.6 is 0 Å². The van der Waals surface area contributed by atoms with E-state index in [0.717, 1.165) is 11.3 Å². The van der Waals surface area contributed by atoms with Crippen LogP contribution in [0.25, 0.3) is 16.9 Å². The Labute approximate surface area is 131 Å². The Bertz CT molecular complexity index is 913. The predicted molar refractivity (Wildman–Crippen MR) is 83.3 cm³/mol. The molecule has 0 atom stereocenters. The Morgan fingerprint density at radius 1 is 1.22 bits per heavy atom. The zero-order valence-electron chi connectivity index (χ0n) is 12.4. The van der Waals surface area contributed by atoms with Gasteiger partial charge in [-0.2, -0.15) is 5.10 Å². The molecule has 0 aliphatic carbocycles. The van der Waals surface area contributed by atoms with Crippen molar-refractivity contribution in [2.45, 2.75) is 13.3 Å². The number of primary amides is 1. The molecule has 7 heteroatoms. The predicted octanol–water partition coefficient (Wildman–Crippen LogP) is 1.76. The second-order valence-corrected chi connectivity index (χ2v) is 5.03. The first kappa shape index (κ1) is 14.7. The number of fused-ring (bicyclic) bond motifs is 1. The zero-order chi connectivity index (χ0) is 16.6. The molecule has 2 aromatic heterocycles. The van der Waals surface area contributed by atoms with Crippen LogP contribution < -0.4 is 5.73 Å². The molecule has 3 N–H and O–H groups in total. The van der Waals surface area contributed by atoms with Gasteiger partial charge < -0.3 is 10.8 Å². The van der Waals surface area contributed by atoms with E-state index in [1.54, 1.807) is 34.8 Å². The Morgan fingerprint density at radius 3 is 2.48 bits per heavy atom. The van der Waals surface area contributed by atoms with Crippen LogP contribution in [0.3, 0.4) is 0 Å². The molecular weight excluding hydrogens is 296 g/mol. The number of benzene rings is 1. The molecule has 0 bridgehead atoms. The van der Waals surface area contributed by atoms with Crippen molar-refractivity contribution in [3.8, 4) is 11.3 Å². The molecule has 0 spiro atoms. The number of nitrogens with zero attached hydrogens (tertiary/aromatic N) is 3. The van der Waals surface area contributed by atoms with E-state index in [9.17, 15) is 9.59 Å². The molecule has 0 saturated heterocycles. The number of amides is 1. The first-order chi connectivity index (χ1) is 11.0. The normalized spacial score (nSPS) is 10.8. The summed E-state index contributed by atoms with van der Waals surface area (Å²) in [4.78, 5) is 26.4. The van der Waals surface area contributed by atoms with Crippen LogP contribution in [0.1, 0.15) is 33.5 Å². The molecule has 1 aromatic carbocycles. The van der Waals surface area contributed by atoms with E-state index in [-0.39, 0.29) is 5.69 Å². The highest BCUT2D eigenvalue weighted by Crippen LogP contribution is 2.21. The molecule has 3 aromatic rings. The van der Waals surface area contributed by atoms with Crippen LogP contribution in [0.2, 0.25) is 0 Å². The Balaban J connectivity index is 2.12. The highest BCUT2D eigenvalue weighted by atomic mass is 16.4. The first-order valence-corrected chi connectivity index (χ1v) is 7.03. The summed E-state index contributed by atoms with van der Waals surface area (Å²) in [5.41, 5.74) is 8.29. The summed E-state index contributed by atoms with van der Waals surface area (Å²) < 4.78 is 1.63. The lowest BCUT2D eigenvalue weighted by Crippen LogP contribution is -2.10. The molecule has 7 nitrogen and oxygen atoms in total. The first-order valence-electron chi connectivity index (χ1n) is 7.03. The van der Waals surface area contributed by atoms with Crippen molar-refractivity contribution in [2.75, 3.05) is 0 Å². The number of rotatable bonds is 4. The van der Waals surface area contributed by atoms with Crippen LogP contribution in [0.4, 0.5) is 0 Å². The van der Waals surface area contributed by atoms with Gasteiger partial charge in [0.1, 0.15) is 0 Å². The van der Waals surface area contributed by atoms with Gasteiger partial charge in [-0.25, -0.2) is 14.3 Å². The molecule has 116 valence electrons. The standard InChI is InChI=1S/C16H14N4O3/c1-2-11-7-13(16(22)23)18-14-8-12(19-20(11)14)9-3-5-10(6-4-9)15(17)21/h3-8H,2H2,1H3,(H2,17,21)(H,22,23). The van der Waals surface area contributed by atoms with Gasteiger partial charge in [0.2, 0.25) is 5.91 Å². The minimum atomic E-state index is -1.07. The highest BCUT2D eigenvalue weighted by molar-refractivity contribution is 5.93. The SMILES string of the molecule is CCc1cc(C(=O)O)nc2cc(-c3ccc(C(N)=O)cc3)nn12. The lowest BCUT2D eigenvalue weighted by atomic mass is 10.1. The van der Waals surface area contributed by atoms with Gasteiger partial charge in [-0.3, -0.25) is 4.79 Å². The lowest BCUT2D eigenvalue weighted by molar-refractivity contribution is 0.0690. The van der Waals surface area contributed by atoms with Gasteiger partial charge in [0.25, 0.3) is 0 Å². The number of hydrogen-bond donors (Lipinski definition) is 2. The highest BCUT2D eigenvalue weighted by Gasteiger charge is 2.13. The largest absolute Gasteiger partial charge is 0.477 e. The Kier molecular flexibility index (Phi) is 3.53. The van der Waals surface area contributed by atoms with Crippen LogP contribution in [0.15, 0.2) is 36.4 Å². The summed E-state index contributed by atoms with van der Waals surface area (Å²) >= 11 is 0. The molecule has 0 fully saturated rings. The van der Waals surface area contributed by atoms with E-state index in [2.05, 4.69) is 10.1 Å². The van der Waals surface area contributed by atoms with Gasteiger partial charge >= 0.3 is 5.97 Å². The number of aryl methyl sites for hydroxylation is 1. The summed E-state index contributed by atoms with van der Waals surface area (Å²) in [6.07, 6.45) is 0.626. The molecule has 1 amide bonds. The van der Waals surface area contributed by atoms with Gasteiger partial charge in [0.15, 0.2) is 11.3 Å². The second-order valence-electron chi connectivity index (χ2n) is 5.03. The Morgan fingerprint density at radius 2 is 1.91 bits per heavy atom. The molecule has 3 rings (SSSR count). The molecule has 0 aliphatic heterocycles. The second kappa shape index (κ2) is 5.53. The van der Waals surface area contributed by atoms with E-state index >= 15 is 0 Å². The number of hydrogen-bond acceptors (Lipinski definition) is 4. The van der Waals surface area contributed by atoms with Crippen LogP contribution in [-0.2, 0) is 6.42 Å². The number of carboxylic acid groups (broad SMARTS) is 1. The topological polar surface area (TPSA) is 111 Å². The summed E-state index contributed by atoms with van der Waals surface area (Å²) in [6, 6.07) is 9.96. The molecular formula is C16H14N4O3. The van der Waals surface area contributed by atoms with Gasteiger partial charge in [-0.15, -0.1) is 0 Å². The number of carbonyl (C=O) groups excluding carboxylic acids is 1. The minimum Gasteiger partial charge on any atom is -0.477 e. The smallest absolute Gasteiger partial charge is 0.354 e. The number of carbonyl (C=O) groups is 2. The molecule has 0 unspecified atom stereocenters. The van der Waals surface area contributed by atoms with Crippen molar-refractivity contribution in [1.82, 2.24) is 14.6 Å². The maximum atomic E-state index is 11.2. The van der Waals surface area contributed by atoms with E-state index in [0.29, 0.717) is 23.3 Å². The number of nitrogens with two attached hydrogens (primary N) is 1. The molecule has 23 heavy (non-hydrogen) atoms. The lowest BCUT2D eigenvalue weighted by Gasteiger charge is -2.02. The monoisotopic (exact) mass is 310 g/mol. The fourth-order valence-corrected chi connectivity index (χ4v) is 2.34. The maximum absolute atomic E-state index is 11.2. The summed E-state index contributed by atoms with van der Waals surface area (Å²) in [6.45, 7) is 1.92. The molecule has 0 saturated carbocycles. The summed E-state index contributed by atoms with van der Waals surface area (Å²) in [7, 11) is 0.